The van der Waals surface area contributed by atoms with E-state index < -0.39 is 7.26 Å². The standard InChI is InChI=1S/C17H39P.BrH/c1-5-6-7-8-9-10-11-12-13-14-15-16-17-18(2,3)4;/h18H,5-17H2,1-4H3;1H. The van der Waals surface area contributed by atoms with Crippen LogP contribution in [-0.2, 0) is 0 Å². The van der Waals surface area contributed by atoms with Gasteiger partial charge in [0, 0.05) is 0 Å². The first-order valence-corrected chi connectivity index (χ1v) is 12.3. The summed E-state index contributed by atoms with van der Waals surface area (Å²) in [6.07, 6.45) is 19.2. The number of halogens is 1. The predicted octanol–water partition coefficient (Wildman–Crippen LogP) is 6.90. The third-order valence-electron chi connectivity index (χ3n) is 3.78. The first-order chi connectivity index (χ1) is 8.56. The summed E-state index contributed by atoms with van der Waals surface area (Å²) in [7, 11) is -0.755. The van der Waals surface area contributed by atoms with Gasteiger partial charge in [-0.05, 0) is 0 Å². The van der Waals surface area contributed by atoms with Crippen LogP contribution in [0.1, 0.15) is 84.0 Å². The van der Waals surface area contributed by atoms with Gasteiger partial charge in [0.25, 0.3) is 0 Å². The van der Waals surface area contributed by atoms with E-state index in [2.05, 4.69) is 26.9 Å². The van der Waals surface area contributed by atoms with E-state index in [4.69, 9.17) is 0 Å². The van der Waals surface area contributed by atoms with E-state index in [1.807, 2.05) is 0 Å². The molecule has 120 valence electrons. The molecule has 0 rings (SSSR count). The Labute approximate surface area is 134 Å². The van der Waals surface area contributed by atoms with Crippen molar-refractivity contribution in [2.24, 2.45) is 0 Å². The molecular weight excluding hydrogens is 315 g/mol. The maximum atomic E-state index is 2.49. The van der Waals surface area contributed by atoms with E-state index in [-0.39, 0.29) is 17.0 Å². The van der Waals surface area contributed by atoms with Crippen LogP contribution in [0.2, 0.25) is 0 Å². The molecule has 0 aliphatic heterocycles. The molecule has 0 fully saturated rings. The average Bonchev–Trinajstić information content (AvgIpc) is 2.29. The van der Waals surface area contributed by atoms with Gasteiger partial charge in [-0.2, -0.15) is 0 Å². The summed E-state index contributed by atoms with van der Waals surface area (Å²) < 4.78 is 0. The van der Waals surface area contributed by atoms with Gasteiger partial charge in [-0.15, -0.1) is 17.0 Å². The maximum absolute atomic E-state index is 2.49. The van der Waals surface area contributed by atoms with Crippen molar-refractivity contribution in [1.82, 2.24) is 0 Å². The van der Waals surface area contributed by atoms with Gasteiger partial charge in [0.15, 0.2) is 0 Å². The molecule has 0 aromatic heterocycles. The van der Waals surface area contributed by atoms with Gasteiger partial charge in [0.1, 0.15) is 0 Å². The topological polar surface area (TPSA) is 0 Å². The van der Waals surface area contributed by atoms with Crippen LogP contribution >= 0.6 is 24.2 Å². The first kappa shape index (κ1) is 22.2. The molecular formula is C17H40BrP. The number of hydrogen-bond acceptors (Lipinski definition) is 0. The Hall–Kier alpha value is 0.910. The molecule has 0 heterocycles. The van der Waals surface area contributed by atoms with Crippen molar-refractivity contribution in [3.63, 3.8) is 0 Å². The third-order valence-corrected chi connectivity index (χ3v) is 5.63. The zero-order valence-corrected chi connectivity index (χ0v) is 16.8. The van der Waals surface area contributed by atoms with Crippen molar-refractivity contribution in [2.75, 3.05) is 26.2 Å². The molecule has 0 radical (unpaired) electrons. The summed E-state index contributed by atoms with van der Waals surface area (Å²) in [5, 5.41) is 0. The van der Waals surface area contributed by atoms with Crippen molar-refractivity contribution in [3.8, 4) is 0 Å². The third kappa shape index (κ3) is 21.4. The Morgan fingerprint density at radius 3 is 1.16 bits per heavy atom. The monoisotopic (exact) mass is 354 g/mol. The average molecular weight is 355 g/mol. The SMILES string of the molecule is Br.CCCCCCCCCCCCCC[PH](C)(C)C. The number of unbranched alkanes of at least 4 members (excludes halogenated alkanes) is 11. The van der Waals surface area contributed by atoms with Gasteiger partial charge >= 0.3 is 104 Å². The van der Waals surface area contributed by atoms with Crippen LogP contribution in [0.25, 0.3) is 0 Å². The molecule has 0 N–H and O–H groups in total. The van der Waals surface area contributed by atoms with Gasteiger partial charge in [0.05, 0.1) is 0 Å². The summed E-state index contributed by atoms with van der Waals surface area (Å²) in [5.74, 6) is 0. The van der Waals surface area contributed by atoms with Gasteiger partial charge < -0.3 is 0 Å². The van der Waals surface area contributed by atoms with Crippen LogP contribution in [0.4, 0.5) is 0 Å². The van der Waals surface area contributed by atoms with E-state index in [0.29, 0.717) is 0 Å². The Balaban J connectivity index is 0. The molecule has 0 aliphatic rings. The minimum atomic E-state index is -0.755. The Morgan fingerprint density at radius 2 is 0.842 bits per heavy atom. The zero-order chi connectivity index (χ0) is 13.7. The summed E-state index contributed by atoms with van der Waals surface area (Å²) in [6.45, 7) is 9.77. The van der Waals surface area contributed by atoms with Crippen LogP contribution in [0.5, 0.6) is 0 Å². The summed E-state index contributed by atoms with van der Waals surface area (Å²) >= 11 is 0. The number of rotatable bonds is 13. The molecule has 0 aliphatic carbocycles. The van der Waals surface area contributed by atoms with Gasteiger partial charge in [0.2, 0.25) is 0 Å². The van der Waals surface area contributed by atoms with Gasteiger partial charge in [-0.1, -0.05) is 13.3 Å². The molecule has 0 nitrogen and oxygen atoms in total. The molecule has 0 aromatic carbocycles. The molecule has 2 heteroatoms. The van der Waals surface area contributed by atoms with Gasteiger partial charge in [-0.3, -0.25) is 0 Å². The van der Waals surface area contributed by atoms with E-state index in [1.165, 1.54) is 83.2 Å². The van der Waals surface area contributed by atoms with Crippen LogP contribution in [0, 0.1) is 0 Å². The van der Waals surface area contributed by atoms with Crippen LogP contribution in [0.3, 0.4) is 0 Å². The van der Waals surface area contributed by atoms with Crippen LogP contribution in [0.15, 0.2) is 0 Å². The second-order valence-corrected chi connectivity index (χ2v) is 12.8. The molecule has 0 bridgehead atoms. The predicted molar refractivity (Wildman–Crippen MR) is 102 cm³/mol. The fraction of sp³-hybridized carbons (Fsp3) is 1.00. The molecule has 0 saturated carbocycles. The zero-order valence-electron chi connectivity index (χ0n) is 14.1. The minimum absolute atomic E-state index is 0. The fourth-order valence-corrected chi connectivity index (χ4v) is 3.81. The summed E-state index contributed by atoms with van der Waals surface area (Å²) in [4.78, 5) is 0. The Morgan fingerprint density at radius 1 is 0.526 bits per heavy atom. The quantitative estimate of drug-likeness (QED) is 0.249. The molecule has 0 amide bonds. The summed E-state index contributed by atoms with van der Waals surface area (Å²) in [5.41, 5.74) is 0. The van der Waals surface area contributed by atoms with Crippen molar-refractivity contribution in [3.05, 3.63) is 0 Å². The number of hydrogen-bond donors (Lipinski definition) is 0. The van der Waals surface area contributed by atoms with Gasteiger partial charge in [-0.25, -0.2) is 0 Å². The second-order valence-electron chi connectivity index (χ2n) is 7.20. The second kappa shape index (κ2) is 15.3. The summed E-state index contributed by atoms with van der Waals surface area (Å²) in [6, 6.07) is 0. The van der Waals surface area contributed by atoms with Crippen LogP contribution in [-0.4, -0.2) is 26.2 Å². The Bertz CT molecular complexity index is 163. The van der Waals surface area contributed by atoms with E-state index in [9.17, 15) is 0 Å². The molecule has 19 heavy (non-hydrogen) atoms. The molecule has 0 atom stereocenters. The van der Waals surface area contributed by atoms with Crippen molar-refractivity contribution < 1.29 is 0 Å². The van der Waals surface area contributed by atoms with Crippen molar-refractivity contribution >= 4 is 24.2 Å². The van der Waals surface area contributed by atoms with Crippen LogP contribution < -0.4 is 0 Å². The molecule has 0 unspecified atom stereocenters. The van der Waals surface area contributed by atoms with Crippen molar-refractivity contribution in [2.45, 2.75) is 84.0 Å². The molecule has 0 saturated heterocycles. The first-order valence-electron chi connectivity index (χ1n) is 8.56. The Kier molecular flexibility index (Phi) is 17.9. The molecule has 0 aromatic rings. The normalized spacial score (nSPS) is 12.2. The van der Waals surface area contributed by atoms with Crippen molar-refractivity contribution in [1.29, 1.82) is 0 Å². The van der Waals surface area contributed by atoms with E-state index in [0.717, 1.165) is 0 Å². The van der Waals surface area contributed by atoms with E-state index >= 15 is 0 Å². The van der Waals surface area contributed by atoms with E-state index in [1.54, 1.807) is 0 Å². The fourth-order valence-electron chi connectivity index (χ4n) is 2.50. The molecule has 0 spiro atoms.